The van der Waals surface area contributed by atoms with Gasteiger partial charge < -0.3 is 14.8 Å². The molecule has 1 aliphatic heterocycles. The van der Waals surface area contributed by atoms with Gasteiger partial charge >= 0.3 is 0 Å². The van der Waals surface area contributed by atoms with E-state index in [0.717, 1.165) is 19.6 Å². The Balaban J connectivity index is 1.31. The van der Waals surface area contributed by atoms with Gasteiger partial charge in [0.1, 0.15) is 16.5 Å². The second kappa shape index (κ2) is 8.06. The van der Waals surface area contributed by atoms with E-state index in [0.29, 0.717) is 40.3 Å². The lowest BCUT2D eigenvalue weighted by Crippen LogP contribution is -2.23. The van der Waals surface area contributed by atoms with Crippen molar-refractivity contribution in [3.63, 3.8) is 0 Å². The first-order chi connectivity index (χ1) is 15.1. The predicted octanol–water partition coefficient (Wildman–Crippen LogP) is 4.00. The third kappa shape index (κ3) is 3.88. The highest BCUT2D eigenvalue weighted by Crippen LogP contribution is 2.46. The summed E-state index contributed by atoms with van der Waals surface area (Å²) in [5.74, 6) is 2.28. The molecule has 2 aromatic carbocycles. The highest BCUT2D eigenvalue weighted by molar-refractivity contribution is 6.33. The fourth-order valence-corrected chi connectivity index (χ4v) is 4.19. The first-order valence-electron chi connectivity index (χ1n) is 10.0. The number of nitrogens with one attached hydrogen (secondary N) is 1. The predicted molar refractivity (Wildman–Crippen MR) is 116 cm³/mol. The Kier molecular flexibility index (Phi) is 5.10. The average Bonchev–Trinajstić information content (AvgIpc) is 3.51. The minimum atomic E-state index is -0.382. The first-order valence-corrected chi connectivity index (χ1v) is 10.4. The number of nitrogens with zero attached hydrogens (tertiary/aromatic N) is 3. The molecule has 5 rings (SSSR count). The van der Waals surface area contributed by atoms with E-state index in [1.807, 2.05) is 0 Å². The molecule has 156 valence electrons. The molecule has 31 heavy (non-hydrogen) atoms. The number of benzene rings is 2. The Morgan fingerprint density at radius 2 is 1.84 bits per heavy atom. The van der Waals surface area contributed by atoms with Crippen LogP contribution in [0.25, 0.3) is 5.69 Å². The summed E-state index contributed by atoms with van der Waals surface area (Å²) in [7, 11) is 0. The molecular formula is C23H19ClN4O3. The van der Waals surface area contributed by atoms with Crippen LogP contribution in [0.15, 0.2) is 59.5 Å². The van der Waals surface area contributed by atoms with Crippen LogP contribution in [0.2, 0.25) is 5.02 Å². The van der Waals surface area contributed by atoms with Gasteiger partial charge in [0.25, 0.3) is 5.56 Å². The van der Waals surface area contributed by atoms with Crippen molar-refractivity contribution in [2.75, 3.05) is 18.5 Å². The molecule has 3 aromatic rings. The van der Waals surface area contributed by atoms with Crippen LogP contribution in [0.5, 0.6) is 11.5 Å². The molecule has 2 aliphatic rings. The van der Waals surface area contributed by atoms with Crippen molar-refractivity contribution in [3.8, 4) is 23.3 Å². The molecular weight excluding hydrogens is 416 g/mol. The normalized spacial score (nSPS) is 21.6. The minimum Gasteiger partial charge on any atom is -0.457 e. The largest absolute Gasteiger partial charge is 0.457 e. The molecule has 0 spiro atoms. The zero-order valence-corrected chi connectivity index (χ0v) is 17.2. The van der Waals surface area contributed by atoms with Crippen LogP contribution in [0.1, 0.15) is 12.0 Å². The lowest BCUT2D eigenvalue weighted by atomic mass is 10.2. The lowest BCUT2D eigenvalue weighted by Gasteiger charge is -2.11. The second-order valence-corrected chi connectivity index (χ2v) is 8.06. The third-order valence-electron chi connectivity index (χ3n) is 5.78. The molecule has 3 atom stereocenters. The molecule has 1 unspecified atom stereocenters. The van der Waals surface area contributed by atoms with Gasteiger partial charge in [0.05, 0.1) is 35.8 Å². The van der Waals surface area contributed by atoms with Crippen LogP contribution in [-0.4, -0.2) is 29.0 Å². The van der Waals surface area contributed by atoms with Crippen LogP contribution in [0.3, 0.4) is 0 Å². The Morgan fingerprint density at radius 3 is 2.48 bits per heavy atom. The fourth-order valence-electron chi connectivity index (χ4n) is 4.00. The van der Waals surface area contributed by atoms with Crippen molar-refractivity contribution in [1.82, 2.24) is 9.78 Å². The number of anilines is 1. The quantitative estimate of drug-likeness (QED) is 0.653. The molecule has 1 aliphatic carbocycles. The molecule has 7 nitrogen and oxygen atoms in total. The average molecular weight is 435 g/mol. The van der Waals surface area contributed by atoms with Crippen molar-refractivity contribution in [1.29, 1.82) is 5.26 Å². The van der Waals surface area contributed by atoms with Gasteiger partial charge in [-0.2, -0.15) is 15.0 Å². The zero-order chi connectivity index (χ0) is 21.4. The van der Waals surface area contributed by atoms with E-state index in [9.17, 15) is 4.79 Å². The maximum atomic E-state index is 12.8. The number of rotatable bonds is 5. The van der Waals surface area contributed by atoms with Gasteiger partial charge in [0, 0.05) is 18.6 Å². The summed E-state index contributed by atoms with van der Waals surface area (Å²) in [6.45, 7) is 1.54. The van der Waals surface area contributed by atoms with E-state index in [1.54, 1.807) is 54.7 Å². The molecule has 0 radical (unpaired) electrons. The van der Waals surface area contributed by atoms with Gasteiger partial charge in [-0.25, -0.2) is 0 Å². The first kappa shape index (κ1) is 19.6. The Morgan fingerprint density at radius 1 is 1.13 bits per heavy atom. The zero-order valence-electron chi connectivity index (χ0n) is 16.5. The number of hydrogen-bond acceptors (Lipinski definition) is 6. The molecule has 2 fully saturated rings. The van der Waals surface area contributed by atoms with E-state index in [2.05, 4.69) is 16.5 Å². The van der Waals surface area contributed by atoms with Gasteiger partial charge in [-0.1, -0.05) is 11.6 Å². The summed E-state index contributed by atoms with van der Waals surface area (Å²) in [4.78, 5) is 12.8. The van der Waals surface area contributed by atoms with E-state index < -0.39 is 0 Å². The fraction of sp³-hybridized carbons (Fsp3) is 0.261. The monoisotopic (exact) mass is 434 g/mol. The molecule has 0 amide bonds. The van der Waals surface area contributed by atoms with Gasteiger partial charge in [-0.3, -0.25) is 4.79 Å². The molecule has 2 heterocycles. The Bertz CT molecular complexity index is 1190. The van der Waals surface area contributed by atoms with Gasteiger partial charge in [-0.05, 0) is 60.9 Å². The maximum absolute atomic E-state index is 12.8. The van der Waals surface area contributed by atoms with Crippen LogP contribution in [0, 0.1) is 23.2 Å². The summed E-state index contributed by atoms with van der Waals surface area (Å²) >= 11 is 6.37. The summed E-state index contributed by atoms with van der Waals surface area (Å²) < 4.78 is 12.5. The van der Waals surface area contributed by atoms with Crippen molar-refractivity contribution < 1.29 is 9.47 Å². The van der Waals surface area contributed by atoms with E-state index in [1.165, 1.54) is 4.68 Å². The smallest absolute Gasteiger partial charge is 0.292 e. The molecule has 1 saturated carbocycles. The number of halogens is 1. The molecule has 1 aromatic heterocycles. The summed E-state index contributed by atoms with van der Waals surface area (Å²) in [5, 5.41) is 16.6. The van der Waals surface area contributed by atoms with Crippen LogP contribution >= 0.6 is 11.6 Å². The highest BCUT2D eigenvalue weighted by atomic mass is 35.5. The number of ether oxygens (including phenoxy) is 2. The summed E-state index contributed by atoms with van der Waals surface area (Å²) in [5.41, 5.74) is 1.33. The maximum Gasteiger partial charge on any atom is 0.292 e. The van der Waals surface area contributed by atoms with E-state index >= 15 is 0 Å². The van der Waals surface area contributed by atoms with Gasteiger partial charge in [0.15, 0.2) is 0 Å². The SMILES string of the molecule is N#Cc1ccc(Oc2ccc(-n3ncc(N[C@@H]4C5CCOC[C@@H]54)c(Cl)c3=O)cc2)cc1. The van der Waals surface area contributed by atoms with Gasteiger partial charge in [0.2, 0.25) is 0 Å². The van der Waals surface area contributed by atoms with Crippen LogP contribution in [-0.2, 0) is 4.74 Å². The van der Waals surface area contributed by atoms with Crippen molar-refractivity contribution in [3.05, 3.63) is 75.7 Å². The number of nitriles is 1. The van der Waals surface area contributed by atoms with Crippen molar-refractivity contribution in [2.45, 2.75) is 12.5 Å². The highest BCUT2D eigenvalue weighted by Gasteiger charge is 2.51. The lowest BCUT2D eigenvalue weighted by molar-refractivity contribution is 0.0888. The summed E-state index contributed by atoms with van der Waals surface area (Å²) in [6.07, 6.45) is 2.62. The second-order valence-electron chi connectivity index (χ2n) is 7.68. The summed E-state index contributed by atoms with van der Waals surface area (Å²) in [6, 6.07) is 16.2. The topological polar surface area (TPSA) is 89.2 Å². The Hall–Kier alpha value is -3.34. The van der Waals surface area contributed by atoms with Crippen LogP contribution in [0.4, 0.5) is 5.69 Å². The van der Waals surface area contributed by atoms with E-state index in [4.69, 9.17) is 26.3 Å². The molecule has 1 N–H and O–H groups in total. The van der Waals surface area contributed by atoms with Gasteiger partial charge in [-0.15, -0.1) is 0 Å². The molecule has 8 heteroatoms. The molecule has 1 saturated heterocycles. The number of fused-ring (bicyclic) bond motifs is 1. The number of aromatic nitrogens is 2. The van der Waals surface area contributed by atoms with E-state index in [-0.39, 0.29) is 16.6 Å². The molecule has 0 bridgehead atoms. The van der Waals surface area contributed by atoms with Crippen LogP contribution < -0.4 is 15.6 Å². The minimum absolute atomic E-state index is 0.123. The number of hydrogen-bond donors (Lipinski definition) is 1. The van der Waals surface area contributed by atoms with Crippen molar-refractivity contribution in [2.24, 2.45) is 11.8 Å². The Labute approximate surface area is 183 Å². The van der Waals surface area contributed by atoms with Crippen molar-refractivity contribution >= 4 is 17.3 Å². The third-order valence-corrected chi connectivity index (χ3v) is 6.14. The standard InChI is InChI=1S/C23H19ClN4O3/c24-21-20(27-22-18-9-10-30-13-19(18)22)12-26-28(23(21)29)15-3-7-17(8-4-15)31-16-5-1-14(11-25)2-6-16/h1-8,12,18-19,22,27H,9-10,13H2/t18?,19-,22+/m0/s1.